The van der Waals surface area contributed by atoms with Gasteiger partial charge in [-0.1, -0.05) is 262 Å². The highest BCUT2D eigenvalue weighted by atomic mass is 16.5. The first-order chi connectivity index (χ1) is 32.0. The maximum Gasteiger partial charge on any atom is 0.305 e. The summed E-state index contributed by atoms with van der Waals surface area (Å²) in [5.74, 6) is -0.0682. The SMILES string of the molecule is CCCCCC/C=C\C/C=C\CCCCCCCCCC(=O)OCCCCCCCCCCCCCCCCCCCCCCCC(=O)NC(CO)C(O)/C=C/CCCCCCCCC. The van der Waals surface area contributed by atoms with Crippen LogP contribution in [0.1, 0.15) is 303 Å². The van der Waals surface area contributed by atoms with Crippen molar-refractivity contribution in [1.29, 1.82) is 0 Å². The average molecular weight is 915 g/mol. The van der Waals surface area contributed by atoms with E-state index in [0.717, 1.165) is 51.4 Å². The van der Waals surface area contributed by atoms with E-state index in [1.54, 1.807) is 6.08 Å². The molecule has 382 valence electrons. The molecular weight excluding hydrogens is 803 g/mol. The molecule has 0 aromatic heterocycles. The molecule has 0 aliphatic heterocycles. The lowest BCUT2D eigenvalue weighted by Crippen LogP contribution is -2.45. The molecule has 0 fully saturated rings. The van der Waals surface area contributed by atoms with E-state index in [1.165, 1.54) is 225 Å². The van der Waals surface area contributed by atoms with E-state index in [1.807, 2.05) is 6.08 Å². The van der Waals surface area contributed by atoms with Crippen molar-refractivity contribution in [2.45, 2.75) is 315 Å². The maximum absolute atomic E-state index is 12.4. The van der Waals surface area contributed by atoms with Crippen LogP contribution < -0.4 is 5.32 Å². The Hall–Kier alpha value is -1.92. The highest BCUT2D eigenvalue weighted by Gasteiger charge is 2.18. The van der Waals surface area contributed by atoms with Gasteiger partial charge >= 0.3 is 5.97 Å². The Morgan fingerprint density at radius 2 is 0.769 bits per heavy atom. The van der Waals surface area contributed by atoms with Crippen LogP contribution in [0.5, 0.6) is 0 Å². The van der Waals surface area contributed by atoms with Gasteiger partial charge in [0, 0.05) is 12.8 Å². The number of esters is 1. The zero-order chi connectivity index (χ0) is 47.2. The minimum atomic E-state index is -0.843. The highest BCUT2D eigenvalue weighted by molar-refractivity contribution is 5.76. The first kappa shape index (κ1) is 63.1. The summed E-state index contributed by atoms with van der Waals surface area (Å²) in [6, 6.07) is -0.627. The second-order valence-corrected chi connectivity index (χ2v) is 19.6. The standard InChI is InChI=1S/C59H111NO5/c1-3-5-7-9-11-13-14-15-16-17-24-27-30-33-37-41-45-49-53-59(64)65-54-50-46-42-38-34-31-28-25-22-20-18-19-21-23-26-29-32-36-40-44-48-52-58(63)60-56(55-61)57(62)51-47-43-39-35-12-10-8-6-4-2/h13-14,16-17,47,51,56-57,61-62H,3-12,15,18-46,48-50,52-55H2,1-2H3,(H,60,63)/b14-13-,17-16-,51-47+. The van der Waals surface area contributed by atoms with Gasteiger partial charge in [0.2, 0.25) is 5.91 Å². The fraction of sp³-hybridized carbons (Fsp3) is 0.864. The van der Waals surface area contributed by atoms with Crippen molar-refractivity contribution in [3.8, 4) is 0 Å². The van der Waals surface area contributed by atoms with Crippen LogP contribution in [0.4, 0.5) is 0 Å². The fourth-order valence-electron chi connectivity index (χ4n) is 8.72. The largest absolute Gasteiger partial charge is 0.466 e. The van der Waals surface area contributed by atoms with Crippen LogP contribution in [-0.4, -0.2) is 47.4 Å². The Morgan fingerprint density at radius 1 is 0.431 bits per heavy atom. The monoisotopic (exact) mass is 914 g/mol. The summed E-state index contributed by atoms with van der Waals surface area (Å²) in [4.78, 5) is 24.5. The van der Waals surface area contributed by atoms with Gasteiger partial charge in [-0.2, -0.15) is 0 Å². The number of aliphatic hydroxyl groups is 2. The van der Waals surface area contributed by atoms with Crippen molar-refractivity contribution in [2.75, 3.05) is 13.2 Å². The molecule has 65 heavy (non-hydrogen) atoms. The van der Waals surface area contributed by atoms with E-state index in [9.17, 15) is 19.8 Å². The summed E-state index contributed by atoms with van der Waals surface area (Å²) < 4.78 is 5.49. The van der Waals surface area contributed by atoms with Gasteiger partial charge in [-0.3, -0.25) is 9.59 Å². The first-order valence-corrected chi connectivity index (χ1v) is 28.8. The minimum absolute atomic E-state index is 0.00359. The highest BCUT2D eigenvalue weighted by Crippen LogP contribution is 2.17. The fourth-order valence-corrected chi connectivity index (χ4v) is 8.72. The number of rotatable bonds is 53. The number of amides is 1. The number of aliphatic hydroxyl groups excluding tert-OH is 2. The Morgan fingerprint density at radius 3 is 1.18 bits per heavy atom. The van der Waals surface area contributed by atoms with Crippen molar-refractivity contribution in [2.24, 2.45) is 0 Å². The Balaban J connectivity index is 3.37. The van der Waals surface area contributed by atoms with Crippen LogP contribution in [0.3, 0.4) is 0 Å². The molecule has 0 saturated carbocycles. The molecule has 0 bridgehead atoms. The van der Waals surface area contributed by atoms with E-state index in [0.29, 0.717) is 19.4 Å². The number of unbranched alkanes of at least 4 members (excludes halogenated alkanes) is 38. The minimum Gasteiger partial charge on any atom is -0.466 e. The predicted octanol–water partition coefficient (Wildman–Crippen LogP) is 17.6. The topological polar surface area (TPSA) is 95.9 Å². The molecule has 0 aromatic rings. The van der Waals surface area contributed by atoms with Crippen molar-refractivity contribution in [3.05, 3.63) is 36.5 Å². The molecule has 6 heteroatoms. The zero-order valence-electron chi connectivity index (χ0n) is 43.5. The molecule has 2 atom stereocenters. The van der Waals surface area contributed by atoms with Crippen LogP contribution in [0.15, 0.2) is 36.5 Å². The second-order valence-electron chi connectivity index (χ2n) is 19.6. The van der Waals surface area contributed by atoms with Crippen LogP contribution in [0.2, 0.25) is 0 Å². The summed E-state index contributed by atoms with van der Waals surface area (Å²) >= 11 is 0. The summed E-state index contributed by atoms with van der Waals surface area (Å²) in [7, 11) is 0. The number of hydrogen-bond acceptors (Lipinski definition) is 5. The smallest absolute Gasteiger partial charge is 0.305 e. The van der Waals surface area contributed by atoms with E-state index in [2.05, 4.69) is 43.5 Å². The normalized spacial score (nSPS) is 12.9. The Bertz CT molecular complexity index is 1060. The summed E-state index contributed by atoms with van der Waals surface area (Å²) in [6.07, 6.45) is 67.5. The summed E-state index contributed by atoms with van der Waals surface area (Å²) in [6.45, 7) is 4.86. The average Bonchev–Trinajstić information content (AvgIpc) is 3.31. The molecule has 1 amide bonds. The molecule has 0 spiro atoms. The quantitative estimate of drug-likeness (QED) is 0.0321. The molecular formula is C59H111NO5. The van der Waals surface area contributed by atoms with Gasteiger partial charge < -0.3 is 20.3 Å². The molecule has 0 rings (SSSR count). The molecule has 0 aliphatic carbocycles. The predicted molar refractivity (Wildman–Crippen MR) is 283 cm³/mol. The van der Waals surface area contributed by atoms with Gasteiger partial charge in [-0.15, -0.1) is 0 Å². The number of carbonyl (C=O) groups is 2. The zero-order valence-corrected chi connectivity index (χ0v) is 43.5. The molecule has 0 saturated heterocycles. The first-order valence-electron chi connectivity index (χ1n) is 28.8. The maximum atomic E-state index is 12.4. The van der Waals surface area contributed by atoms with E-state index in [4.69, 9.17) is 4.74 Å². The van der Waals surface area contributed by atoms with Crippen molar-refractivity contribution in [3.63, 3.8) is 0 Å². The number of nitrogens with one attached hydrogen (secondary N) is 1. The van der Waals surface area contributed by atoms with E-state index in [-0.39, 0.29) is 18.5 Å². The van der Waals surface area contributed by atoms with Crippen molar-refractivity contribution >= 4 is 11.9 Å². The molecule has 0 heterocycles. The molecule has 0 aromatic carbocycles. The van der Waals surface area contributed by atoms with Crippen LogP contribution in [0.25, 0.3) is 0 Å². The van der Waals surface area contributed by atoms with Crippen LogP contribution >= 0.6 is 0 Å². The molecule has 3 N–H and O–H groups in total. The third kappa shape index (κ3) is 51.3. The van der Waals surface area contributed by atoms with Gasteiger partial charge in [-0.25, -0.2) is 0 Å². The van der Waals surface area contributed by atoms with Gasteiger partial charge in [0.25, 0.3) is 0 Å². The third-order valence-corrected chi connectivity index (χ3v) is 13.2. The van der Waals surface area contributed by atoms with Gasteiger partial charge in [-0.05, 0) is 64.2 Å². The lowest BCUT2D eigenvalue weighted by molar-refractivity contribution is -0.143. The summed E-state index contributed by atoms with van der Waals surface area (Å²) in [5.41, 5.74) is 0. The Labute approximate surface area is 404 Å². The van der Waals surface area contributed by atoms with Crippen LogP contribution in [-0.2, 0) is 14.3 Å². The second kappa shape index (κ2) is 54.7. The summed E-state index contributed by atoms with van der Waals surface area (Å²) in [5, 5.41) is 22.9. The lowest BCUT2D eigenvalue weighted by atomic mass is 10.0. The number of ether oxygens (including phenoxy) is 1. The molecule has 6 nitrogen and oxygen atoms in total. The van der Waals surface area contributed by atoms with E-state index < -0.39 is 12.1 Å². The van der Waals surface area contributed by atoms with Gasteiger partial charge in [0.05, 0.1) is 25.4 Å². The number of hydrogen-bond donors (Lipinski definition) is 3. The molecule has 0 radical (unpaired) electrons. The number of allylic oxidation sites excluding steroid dienone is 5. The van der Waals surface area contributed by atoms with Crippen LogP contribution in [0, 0.1) is 0 Å². The van der Waals surface area contributed by atoms with Gasteiger partial charge in [0.1, 0.15) is 0 Å². The lowest BCUT2D eigenvalue weighted by Gasteiger charge is -2.20. The van der Waals surface area contributed by atoms with E-state index >= 15 is 0 Å². The molecule has 2 unspecified atom stereocenters. The van der Waals surface area contributed by atoms with Gasteiger partial charge in [0.15, 0.2) is 0 Å². The number of carbonyl (C=O) groups excluding carboxylic acids is 2. The third-order valence-electron chi connectivity index (χ3n) is 13.2. The molecule has 0 aliphatic rings. The van der Waals surface area contributed by atoms with Crippen molar-refractivity contribution < 1.29 is 24.5 Å². The Kier molecular flexibility index (Phi) is 53.1. The van der Waals surface area contributed by atoms with Crippen molar-refractivity contribution in [1.82, 2.24) is 5.32 Å².